The summed E-state index contributed by atoms with van der Waals surface area (Å²) in [6, 6.07) is 6.44. The van der Waals surface area contributed by atoms with E-state index in [1.165, 1.54) is 29.5 Å². The number of aryl methyl sites for hydroxylation is 1. The summed E-state index contributed by atoms with van der Waals surface area (Å²) in [5.74, 6) is 0.539. The van der Waals surface area contributed by atoms with Crippen molar-refractivity contribution in [2.45, 2.75) is 25.7 Å². The number of benzene rings is 1. The highest BCUT2D eigenvalue weighted by Gasteiger charge is 2.18. The lowest BCUT2D eigenvalue weighted by atomic mass is 9.93. The molecule has 17 heavy (non-hydrogen) atoms. The van der Waals surface area contributed by atoms with Crippen molar-refractivity contribution in [3.63, 3.8) is 0 Å². The van der Waals surface area contributed by atoms with Gasteiger partial charge in [-0.25, -0.2) is 9.97 Å². The van der Waals surface area contributed by atoms with Crippen molar-refractivity contribution in [1.29, 1.82) is 0 Å². The zero-order valence-corrected chi connectivity index (χ0v) is 10.1. The van der Waals surface area contributed by atoms with Crippen molar-refractivity contribution in [3.8, 4) is 0 Å². The second-order valence-corrected chi connectivity index (χ2v) is 4.82. The third-order valence-electron chi connectivity index (χ3n) is 3.51. The van der Waals surface area contributed by atoms with Crippen LogP contribution in [0.15, 0.2) is 24.5 Å². The van der Waals surface area contributed by atoms with Crippen molar-refractivity contribution in [2.24, 2.45) is 0 Å². The first-order chi connectivity index (χ1) is 8.34. The lowest BCUT2D eigenvalue weighted by molar-refractivity contribution is 0.456. The molecule has 1 atom stereocenters. The summed E-state index contributed by atoms with van der Waals surface area (Å²) < 4.78 is 0. The summed E-state index contributed by atoms with van der Waals surface area (Å²) in [4.78, 5) is 8.88. The van der Waals surface area contributed by atoms with Crippen LogP contribution in [0, 0.1) is 6.92 Å². The van der Waals surface area contributed by atoms with Crippen molar-refractivity contribution in [3.05, 3.63) is 35.8 Å². The fourth-order valence-electron chi connectivity index (χ4n) is 2.60. The molecule has 0 bridgehead atoms. The van der Waals surface area contributed by atoms with Crippen LogP contribution in [-0.2, 0) is 0 Å². The molecule has 1 N–H and O–H groups in total. The summed E-state index contributed by atoms with van der Waals surface area (Å²) in [7, 11) is 0. The monoisotopic (exact) mass is 227 g/mol. The standard InChI is InChI=1S/C14H17N3/c1-10-4-5-12-13(7-10)16-9-17-14(12)11-3-2-6-15-8-11/h4-5,7,9,11,15H,2-3,6,8H2,1H3. The predicted molar refractivity (Wildman–Crippen MR) is 69.1 cm³/mol. The van der Waals surface area contributed by atoms with Crippen LogP contribution in [0.25, 0.3) is 10.9 Å². The second-order valence-electron chi connectivity index (χ2n) is 4.82. The van der Waals surface area contributed by atoms with E-state index in [0.29, 0.717) is 5.92 Å². The van der Waals surface area contributed by atoms with Crippen LogP contribution in [0.1, 0.15) is 30.0 Å². The highest BCUT2D eigenvalue weighted by Crippen LogP contribution is 2.27. The molecule has 1 aromatic heterocycles. The van der Waals surface area contributed by atoms with Gasteiger partial charge in [-0.3, -0.25) is 0 Å². The molecule has 1 fully saturated rings. The van der Waals surface area contributed by atoms with Crippen molar-refractivity contribution in [2.75, 3.05) is 13.1 Å². The molecule has 1 aliphatic heterocycles. The molecular formula is C14H17N3. The van der Waals surface area contributed by atoms with Gasteiger partial charge in [0.1, 0.15) is 6.33 Å². The summed E-state index contributed by atoms with van der Waals surface area (Å²) in [5, 5.41) is 4.66. The Morgan fingerprint density at radius 3 is 3.06 bits per heavy atom. The zero-order chi connectivity index (χ0) is 11.7. The number of piperidine rings is 1. The van der Waals surface area contributed by atoms with Gasteiger partial charge < -0.3 is 5.32 Å². The first kappa shape index (κ1) is 10.7. The number of hydrogen-bond acceptors (Lipinski definition) is 3. The van der Waals surface area contributed by atoms with Crippen molar-refractivity contribution < 1.29 is 0 Å². The second kappa shape index (κ2) is 4.41. The summed E-state index contributed by atoms with van der Waals surface area (Å²) >= 11 is 0. The van der Waals surface area contributed by atoms with Crippen LogP contribution in [0.2, 0.25) is 0 Å². The largest absolute Gasteiger partial charge is 0.316 e. The molecule has 3 heteroatoms. The van der Waals surface area contributed by atoms with E-state index in [1.807, 2.05) is 0 Å². The quantitative estimate of drug-likeness (QED) is 0.813. The minimum atomic E-state index is 0.539. The predicted octanol–water partition coefficient (Wildman–Crippen LogP) is 2.41. The third kappa shape index (κ3) is 2.03. The van der Waals surface area contributed by atoms with E-state index in [1.54, 1.807) is 6.33 Å². The molecule has 1 aliphatic rings. The van der Waals surface area contributed by atoms with Gasteiger partial charge in [-0.15, -0.1) is 0 Å². The van der Waals surface area contributed by atoms with Gasteiger partial charge in [-0.05, 0) is 37.9 Å². The lowest BCUT2D eigenvalue weighted by Gasteiger charge is -2.23. The number of hydrogen-bond donors (Lipinski definition) is 1. The fourth-order valence-corrected chi connectivity index (χ4v) is 2.60. The van der Waals surface area contributed by atoms with E-state index in [2.05, 4.69) is 40.4 Å². The summed E-state index contributed by atoms with van der Waals surface area (Å²) in [5.41, 5.74) is 3.53. The fraction of sp³-hybridized carbons (Fsp3) is 0.429. The number of fused-ring (bicyclic) bond motifs is 1. The van der Waals surface area contributed by atoms with E-state index in [0.717, 1.165) is 18.6 Å². The highest BCUT2D eigenvalue weighted by molar-refractivity contribution is 5.81. The molecular weight excluding hydrogens is 210 g/mol. The van der Waals surface area contributed by atoms with Crippen LogP contribution in [0.4, 0.5) is 0 Å². The van der Waals surface area contributed by atoms with Gasteiger partial charge in [0, 0.05) is 17.8 Å². The summed E-state index contributed by atoms with van der Waals surface area (Å²) in [6.45, 7) is 4.28. The first-order valence-electron chi connectivity index (χ1n) is 6.26. The maximum Gasteiger partial charge on any atom is 0.116 e. The first-order valence-corrected chi connectivity index (χ1v) is 6.26. The third-order valence-corrected chi connectivity index (χ3v) is 3.51. The van der Waals surface area contributed by atoms with Crippen LogP contribution >= 0.6 is 0 Å². The number of aromatic nitrogens is 2. The topological polar surface area (TPSA) is 37.8 Å². The van der Waals surface area contributed by atoms with Gasteiger partial charge in [-0.2, -0.15) is 0 Å². The van der Waals surface area contributed by atoms with Gasteiger partial charge in [-0.1, -0.05) is 12.1 Å². The Bertz CT molecular complexity index is 530. The molecule has 0 spiro atoms. The van der Waals surface area contributed by atoms with E-state index >= 15 is 0 Å². The molecule has 3 rings (SSSR count). The van der Waals surface area contributed by atoms with Crippen LogP contribution in [0.3, 0.4) is 0 Å². The Hall–Kier alpha value is -1.48. The zero-order valence-electron chi connectivity index (χ0n) is 10.1. The number of nitrogens with zero attached hydrogens (tertiary/aromatic N) is 2. The molecule has 0 saturated carbocycles. The minimum absolute atomic E-state index is 0.539. The SMILES string of the molecule is Cc1ccc2c(C3CCCNC3)ncnc2c1. The Kier molecular flexibility index (Phi) is 2.77. The van der Waals surface area contributed by atoms with Gasteiger partial charge in [0.2, 0.25) is 0 Å². The smallest absolute Gasteiger partial charge is 0.116 e. The number of nitrogens with one attached hydrogen (secondary N) is 1. The van der Waals surface area contributed by atoms with E-state index in [-0.39, 0.29) is 0 Å². The molecule has 1 aromatic carbocycles. The molecule has 0 radical (unpaired) electrons. The minimum Gasteiger partial charge on any atom is -0.316 e. The Labute approximate surface area is 101 Å². The molecule has 0 amide bonds. The molecule has 1 saturated heterocycles. The molecule has 0 aliphatic carbocycles. The molecule has 3 nitrogen and oxygen atoms in total. The number of rotatable bonds is 1. The van der Waals surface area contributed by atoms with Gasteiger partial charge in [0.05, 0.1) is 11.2 Å². The molecule has 88 valence electrons. The van der Waals surface area contributed by atoms with E-state index in [4.69, 9.17) is 0 Å². The lowest BCUT2D eigenvalue weighted by Crippen LogP contribution is -2.29. The summed E-state index contributed by atoms with van der Waals surface area (Å²) in [6.07, 6.45) is 4.17. The van der Waals surface area contributed by atoms with Crippen molar-refractivity contribution in [1.82, 2.24) is 15.3 Å². The Balaban J connectivity index is 2.09. The highest BCUT2D eigenvalue weighted by atomic mass is 14.9. The molecule has 2 heterocycles. The molecule has 2 aromatic rings. The van der Waals surface area contributed by atoms with Crippen LogP contribution in [0.5, 0.6) is 0 Å². The van der Waals surface area contributed by atoms with Gasteiger partial charge in [0.25, 0.3) is 0 Å². The molecule has 1 unspecified atom stereocenters. The van der Waals surface area contributed by atoms with Gasteiger partial charge >= 0.3 is 0 Å². The average Bonchev–Trinajstić information content (AvgIpc) is 2.39. The van der Waals surface area contributed by atoms with Crippen LogP contribution in [-0.4, -0.2) is 23.1 Å². The average molecular weight is 227 g/mol. The normalized spacial score (nSPS) is 20.6. The maximum atomic E-state index is 4.51. The van der Waals surface area contributed by atoms with E-state index < -0.39 is 0 Å². The maximum absolute atomic E-state index is 4.51. The van der Waals surface area contributed by atoms with Crippen molar-refractivity contribution >= 4 is 10.9 Å². The Morgan fingerprint density at radius 2 is 2.24 bits per heavy atom. The Morgan fingerprint density at radius 1 is 1.29 bits per heavy atom. The van der Waals surface area contributed by atoms with Crippen LogP contribution < -0.4 is 5.32 Å². The van der Waals surface area contributed by atoms with E-state index in [9.17, 15) is 0 Å². The van der Waals surface area contributed by atoms with Gasteiger partial charge in [0.15, 0.2) is 0 Å².